The molecule has 1 aliphatic carbocycles. The van der Waals surface area contributed by atoms with E-state index in [4.69, 9.17) is 5.73 Å². The van der Waals surface area contributed by atoms with E-state index in [2.05, 4.69) is 34.1 Å². The lowest BCUT2D eigenvalue weighted by Gasteiger charge is -2.23. The molecule has 0 spiro atoms. The summed E-state index contributed by atoms with van der Waals surface area (Å²) in [7, 11) is 0. The minimum Gasteiger partial charge on any atom is -0.398 e. The predicted molar refractivity (Wildman–Crippen MR) is 84.8 cm³/mol. The van der Waals surface area contributed by atoms with Crippen molar-refractivity contribution in [3.63, 3.8) is 0 Å². The van der Waals surface area contributed by atoms with Gasteiger partial charge in [-0.1, -0.05) is 24.3 Å². The van der Waals surface area contributed by atoms with Crippen LogP contribution in [0.3, 0.4) is 0 Å². The number of fused-ring (bicyclic) bond motifs is 1. The van der Waals surface area contributed by atoms with Crippen molar-refractivity contribution in [1.29, 1.82) is 0 Å². The standard InChI is InChI=1S/C17H16BrNO/c18-15-10-14(7-8-16(15)19)17(20)13-6-5-11-3-1-2-4-12(11)9-13/h1-4,7-8,10,13H,5-6,9,19H2. The summed E-state index contributed by atoms with van der Waals surface area (Å²) in [4.78, 5) is 12.6. The summed E-state index contributed by atoms with van der Waals surface area (Å²) >= 11 is 3.39. The molecule has 1 atom stereocenters. The highest BCUT2D eigenvalue weighted by Gasteiger charge is 2.25. The van der Waals surface area contributed by atoms with Gasteiger partial charge in [0.15, 0.2) is 5.78 Å². The quantitative estimate of drug-likeness (QED) is 0.668. The first-order valence-electron chi connectivity index (χ1n) is 6.81. The van der Waals surface area contributed by atoms with Crippen LogP contribution in [0, 0.1) is 5.92 Å². The highest BCUT2D eigenvalue weighted by Crippen LogP contribution is 2.29. The first kappa shape index (κ1) is 13.4. The number of nitrogen functional groups attached to an aromatic ring is 1. The van der Waals surface area contributed by atoms with E-state index in [1.807, 2.05) is 18.2 Å². The summed E-state index contributed by atoms with van der Waals surface area (Å²) in [6.45, 7) is 0. The Hall–Kier alpha value is -1.61. The third kappa shape index (κ3) is 2.50. The minimum absolute atomic E-state index is 0.0837. The van der Waals surface area contributed by atoms with Crippen LogP contribution >= 0.6 is 15.9 Å². The Kier molecular flexibility index (Phi) is 3.62. The van der Waals surface area contributed by atoms with Crippen molar-refractivity contribution < 1.29 is 4.79 Å². The van der Waals surface area contributed by atoms with Crippen molar-refractivity contribution in [1.82, 2.24) is 0 Å². The molecule has 102 valence electrons. The zero-order chi connectivity index (χ0) is 14.1. The second-order valence-electron chi connectivity index (χ2n) is 5.31. The average molecular weight is 330 g/mol. The van der Waals surface area contributed by atoms with Crippen LogP contribution in [0.1, 0.15) is 27.9 Å². The molecule has 1 aliphatic rings. The first-order chi connectivity index (χ1) is 9.65. The van der Waals surface area contributed by atoms with Crippen molar-refractivity contribution in [3.8, 4) is 0 Å². The number of hydrogen-bond acceptors (Lipinski definition) is 2. The van der Waals surface area contributed by atoms with Crippen LogP contribution in [-0.4, -0.2) is 5.78 Å². The molecule has 20 heavy (non-hydrogen) atoms. The fraction of sp³-hybridized carbons (Fsp3) is 0.235. The van der Waals surface area contributed by atoms with E-state index in [9.17, 15) is 4.79 Å². The van der Waals surface area contributed by atoms with Crippen LogP contribution in [-0.2, 0) is 12.8 Å². The topological polar surface area (TPSA) is 43.1 Å². The van der Waals surface area contributed by atoms with Gasteiger partial charge in [-0.05, 0) is 64.5 Å². The average Bonchev–Trinajstić information content (AvgIpc) is 2.49. The molecule has 3 rings (SSSR count). The lowest BCUT2D eigenvalue weighted by Crippen LogP contribution is -2.22. The molecule has 0 aliphatic heterocycles. The SMILES string of the molecule is Nc1ccc(C(=O)C2CCc3ccccc3C2)cc1Br. The largest absolute Gasteiger partial charge is 0.398 e. The van der Waals surface area contributed by atoms with Crippen LogP contribution in [0.4, 0.5) is 5.69 Å². The summed E-state index contributed by atoms with van der Waals surface area (Å²) in [5.41, 5.74) is 9.88. The zero-order valence-corrected chi connectivity index (χ0v) is 12.7. The van der Waals surface area contributed by atoms with Gasteiger partial charge < -0.3 is 5.73 Å². The molecule has 0 saturated heterocycles. The highest BCUT2D eigenvalue weighted by atomic mass is 79.9. The maximum Gasteiger partial charge on any atom is 0.166 e. The Balaban J connectivity index is 1.84. The molecule has 1 unspecified atom stereocenters. The number of carbonyl (C=O) groups is 1. The van der Waals surface area contributed by atoms with Crippen LogP contribution in [0.5, 0.6) is 0 Å². The molecule has 0 radical (unpaired) electrons. The number of benzene rings is 2. The summed E-state index contributed by atoms with van der Waals surface area (Å²) in [5, 5.41) is 0. The normalized spacial score (nSPS) is 17.6. The molecular formula is C17H16BrNO. The number of carbonyl (C=O) groups excluding carboxylic acids is 1. The number of hydrogen-bond donors (Lipinski definition) is 1. The monoisotopic (exact) mass is 329 g/mol. The van der Waals surface area contributed by atoms with Crippen LogP contribution in [0.25, 0.3) is 0 Å². The summed E-state index contributed by atoms with van der Waals surface area (Å²) in [6, 6.07) is 13.8. The maximum absolute atomic E-state index is 12.6. The van der Waals surface area contributed by atoms with Crippen LogP contribution < -0.4 is 5.73 Å². The van der Waals surface area contributed by atoms with Gasteiger partial charge in [-0.25, -0.2) is 0 Å². The minimum atomic E-state index is 0.0837. The molecule has 2 aromatic rings. The van der Waals surface area contributed by atoms with E-state index < -0.39 is 0 Å². The summed E-state index contributed by atoms with van der Waals surface area (Å²) in [5.74, 6) is 0.306. The molecule has 0 heterocycles. The number of nitrogens with two attached hydrogens (primary N) is 1. The predicted octanol–water partition coefficient (Wildman–Crippen LogP) is 4.02. The van der Waals surface area contributed by atoms with Gasteiger partial charge >= 0.3 is 0 Å². The Morgan fingerprint density at radius 2 is 1.90 bits per heavy atom. The number of halogens is 1. The molecule has 0 bridgehead atoms. The molecule has 2 N–H and O–H groups in total. The lowest BCUT2D eigenvalue weighted by molar-refractivity contribution is 0.0908. The van der Waals surface area contributed by atoms with Gasteiger partial charge in [0.2, 0.25) is 0 Å². The highest BCUT2D eigenvalue weighted by molar-refractivity contribution is 9.10. The van der Waals surface area contributed by atoms with Crippen LogP contribution in [0.2, 0.25) is 0 Å². The second-order valence-corrected chi connectivity index (χ2v) is 6.16. The van der Waals surface area contributed by atoms with Gasteiger partial charge in [0.1, 0.15) is 0 Å². The molecule has 0 saturated carbocycles. The van der Waals surface area contributed by atoms with E-state index in [-0.39, 0.29) is 11.7 Å². The molecule has 0 aromatic heterocycles. The Bertz CT molecular complexity index is 666. The van der Waals surface area contributed by atoms with E-state index in [1.165, 1.54) is 11.1 Å². The molecule has 0 fully saturated rings. The molecule has 3 heteroatoms. The van der Waals surface area contributed by atoms with E-state index in [0.29, 0.717) is 5.69 Å². The van der Waals surface area contributed by atoms with Gasteiger partial charge in [0.25, 0.3) is 0 Å². The van der Waals surface area contributed by atoms with Gasteiger partial charge in [0.05, 0.1) is 0 Å². The molecular weight excluding hydrogens is 314 g/mol. The van der Waals surface area contributed by atoms with E-state index >= 15 is 0 Å². The van der Waals surface area contributed by atoms with E-state index in [1.54, 1.807) is 6.07 Å². The fourth-order valence-corrected chi connectivity index (χ4v) is 3.22. The van der Waals surface area contributed by atoms with E-state index in [0.717, 1.165) is 29.3 Å². The van der Waals surface area contributed by atoms with Gasteiger partial charge in [0, 0.05) is 21.6 Å². The second kappa shape index (κ2) is 5.41. The number of Topliss-reactive ketones (excluding diaryl/α,β-unsaturated/α-hetero) is 1. The molecule has 2 aromatic carbocycles. The molecule has 2 nitrogen and oxygen atoms in total. The number of rotatable bonds is 2. The van der Waals surface area contributed by atoms with Gasteiger partial charge in [-0.3, -0.25) is 4.79 Å². The van der Waals surface area contributed by atoms with Crippen molar-refractivity contribution in [3.05, 3.63) is 63.6 Å². The lowest BCUT2D eigenvalue weighted by atomic mass is 9.80. The van der Waals surface area contributed by atoms with Gasteiger partial charge in [-0.2, -0.15) is 0 Å². The van der Waals surface area contributed by atoms with Crippen molar-refractivity contribution >= 4 is 27.4 Å². The summed E-state index contributed by atoms with van der Waals surface area (Å²) in [6.07, 6.45) is 2.76. The molecule has 0 amide bonds. The number of ketones is 1. The maximum atomic E-state index is 12.6. The Labute approximate surface area is 127 Å². The van der Waals surface area contributed by atoms with Crippen LogP contribution in [0.15, 0.2) is 46.9 Å². The third-order valence-corrected chi connectivity index (χ3v) is 4.69. The third-order valence-electron chi connectivity index (χ3n) is 4.00. The van der Waals surface area contributed by atoms with Crippen molar-refractivity contribution in [2.24, 2.45) is 5.92 Å². The summed E-state index contributed by atoms with van der Waals surface area (Å²) < 4.78 is 0.791. The smallest absolute Gasteiger partial charge is 0.166 e. The fourth-order valence-electron chi connectivity index (χ4n) is 2.84. The van der Waals surface area contributed by atoms with Crippen molar-refractivity contribution in [2.75, 3.05) is 5.73 Å². The van der Waals surface area contributed by atoms with Crippen molar-refractivity contribution in [2.45, 2.75) is 19.3 Å². The first-order valence-corrected chi connectivity index (χ1v) is 7.60. The number of aryl methyl sites for hydroxylation is 1. The van der Waals surface area contributed by atoms with Gasteiger partial charge in [-0.15, -0.1) is 0 Å². The number of anilines is 1. The Morgan fingerprint density at radius 1 is 1.15 bits per heavy atom. The zero-order valence-electron chi connectivity index (χ0n) is 11.1. The Morgan fingerprint density at radius 3 is 2.65 bits per heavy atom.